The Kier molecular flexibility index (Phi) is 7.94. The second-order valence-corrected chi connectivity index (χ2v) is 7.41. The van der Waals surface area contributed by atoms with Crippen molar-refractivity contribution in [3.63, 3.8) is 0 Å². The van der Waals surface area contributed by atoms with Crippen LogP contribution < -0.4 is 4.74 Å². The molecule has 2 heterocycles. The van der Waals surface area contributed by atoms with Gasteiger partial charge < -0.3 is 54.7 Å². The summed E-state index contributed by atoms with van der Waals surface area (Å²) in [7, 11) is 0. The number of aliphatic hydroxyl groups is 7. The van der Waals surface area contributed by atoms with E-state index >= 15 is 0 Å². The van der Waals surface area contributed by atoms with Crippen molar-refractivity contribution in [2.45, 2.75) is 61.4 Å². The molecule has 0 spiro atoms. The first kappa shape index (κ1) is 24.7. The van der Waals surface area contributed by atoms with Gasteiger partial charge >= 0.3 is 0 Å². The molecular weight excluding hydrogens is 438 g/mol. The van der Waals surface area contributed by atoms with Crippen LogP contribution in [0.4, 0.5) is 5.69 Å². The largest absolute Gasteiger partial charge is 0.462 e. The van der Waals surface area contributed by atoms with Gasteiger partial charge in [0.2, 0.25) is 6.29 Å². The maximum Gasteiger partial charge on any atom is 0.269 e. The molecule has 32 heavy (non-hydrogen) atoms. The van der Waals surface area contributed by atoms with Crippen LogP contribution in [0, 0.1) is 10.1 Å². The molecule has 2 saturated heterocycles. The number of hydrogen-bond acceptors (Lipinski definition) is 13. The Morgan fingerprint density at radius 3 is 1.91 bits per heavy atom. The van der Waals surface area contributed by atoms with Crippen LogP contribution in [0.15, 0.2) is 24.3 Å². The van der Waals surface area contributed by atoms with Crippen molar-refractivity contribution in [2.75, 3.05) is 13.2 Å². The molecule has 14 heteroatoms. The highest BCUT2D eigenvalue weighted by Gasteiger charge is 2.47. The first-order valence-corrected chi connectivity index (χ1v) is 9.67. The lowest BCUT2D eigenvalue weighted by atomic mass is 9.98. The lowest BCUT2D eigenvalue weighted by Gasteiger charge is -2.42. The molecule has 10 atom stereocenters. The lowest BCUT2D eigenvalue weighted by molar-refractivity contribution is -0.384. The van der Waals surface area contributed by atoms with Gasteiger partial charge in [0, 0.05) is 12.1 Å². The van der Waals surface area contributed by atoms with Gasteiger partial charge in [-0.3, -0.25) is 10.1 Å². The number of nitro groups is 1. The molecule has 180 valence electrons. The Bertz CT molecular complexity index is 762. The fourth-order valence-corrected chi connectivity index (χ4v) is 3.33. The van der Waals surface area contributed by atoms with Crippen LogP contribution in [0.2, 0.25) is 0 Å². The van der Waals surface area contributed by atoms with Gasteiger partial charge in [0.05, 0.1) is 18.1 Å². The zero-order valence-electron chi connectivity index (χ0n) is 16.5. The van der Waals surface area contributed by atoms with E-state index in [4.69, 9.17) is 18.9 Å². The average Bonchev–Trinajstić information content (AvgIpc) is 2.78. The summed E-state index contributed by atoms with van der Waals surface area (Å²) in [5.74, 6) is 0.0804. The van der Waals surface area contributed by atoms with Gasteiger partial charge in [-0.1, -0.05) is 0 Å². The minimum absolute atomic E-state index is 0.0804. The van der Waals surface area contributed by atoms with Crippen LogP contribution in [0.5, 0.6) is 5.75 Å². The maximum atomic E-state index is 10.7. The summed E-state index contributed by atoms with van der Waals surface area (Å²) >= 11 is 0. The van der Waals surface area contributed by atoms with E-state index in [9.17, 15) is 45.9 Å². The molecule has 2 aliphatic rings. The molecule has 1 aromatic rings. The highest BCUT2D eigenvalue weighted by Crippen LogP contribution is 2.27. The maximum absolute atomic E-state index is 10.7. The zero-order chi connectivity index (χ0) is 23.6. The van der Waals surface area contributed by atoms with E-state index in [1.165, 1.54) is 12.1 Å². The predicted molar refractivity (Wildman–Crippen MR) is 100 cm³/mol. The molecule has 0 aliphatic carbocycles. The standard InChI is InChI=1S/C18H25NO13/c20-5-9-11(21)13(23)15(25)17(31-9)29-6-10-12(22)14(24)16(26)18(32-10)30-8-3-1-7(2-4-8)19(27)28/h1-4,9-18,20-26H,5-6H2/t9?,10?,11-,12+,13?,14?,15?,16?,17-,18+/m0/s1. The van der Waals surface area contributed by atoms with Crippen LogP contribution in [-0.2, 0) is 14.2 Å². The van der Waals surface area contributed by atoms with Gasteiger partial charge in [-0.15, -0.1) is 0 Å². The van der Waals surface area contributed by atoms with E-state index in [-0.39, 0.29) is 11.4 Å². The smallest absolute Gasteiger partial charge is 0.269 e. The summed E-state index contributed by atoms with van der Waals surface area (Å²) < 4.78 is 21.4. The number of nitrogens with zero attached hydrogens (tertiary/aromatic N) is 1. The Balaban J connectivity index is 1.64. The Morgan fingerprint density at radius 2 is 1.34 bits per heavy atom. The van der Waals surface area contributed by atoms with Crippen molar-refractivity contribution in [1.82, 2.24) is 0 Å². The third-order valence-corrected chi connectivity index (χ3v) is 5.24. The minimum Gasteiger partial charge on any atom is -0.462 e. The van der Waals surface area contributed by atoms with Crippen LogP contribution in [-0.4, -0.2) is 115 Å². The van der Waals surface area contributed by atoms with E-state index in [2.05, 4.69) is 0 Å². The number of aliphatic hydroxyl groups excluding tert-OH is 7. The summed E-state index contributed by atoms with van der Waals surface area (Å²) in [5.41, 5.74) is -0.191. The second kappa shape index (κ2) is 10.3. The van der Waals surface area contributed by atoms with Crippen molar-refractivity contribution in [1.29, 1.82) is 0 Å². The molecule has 0 aromatic heterocycles. The van der Waals surface area contributed by atoms with E-state index in [0.29, 0.717) is 0 Å². The number of rotatable bonds is 7. The summed E-state index contributed by atoms with van der Waals surface area (Å²) in [6.07, 6.45) is -15.4. The van der Waals surface area contributed by atoms with Gasteiger partial charge in [0.25, 0.3) is 5.69 Å². The summed E-state index contributed by atoms with van der Waals surface area (Å²) in [6.45, 7) is -1.17. The fraction of sp³-hybridized carbons (Fsp3) is 0.667. The molecule has 14 nitrogen and oxygen atoms in total. The third kappa shape index (κ3) is 5.15. The molecular formula is C18H25NO13. The number of hydrogen-bond donors (Lipinski definition) is 7. The fourth-order valence-electron chi connectivity index (χ4n) is 3.33. The Labute approximate surface area is 180 Å². The molecule has 3 rings (SSSR count). The highest BCUT2D eigenvalue weighted by molar-refractivity contribution is 5.36. The number of benzene rings is 1. The van der Waals surface area contributed by atoms with Crippen LogP contribution >= 0.6 is 0 Å². The van der Waals surface area contributed by atoms with E-state index in [1.54, 1.807) is 0 Å². The lowest BCUT2D eigenvalue weighted by Crippen LogP contribution is -2.62. The van der Waals surface area contributed by atoms with Crippen molar-refractivity contribution in [3.05, 3.63) is 34.4 Å². The highest BCUT2D eigenvalue weighted by atomic mass is 16.7. The summed E-state index contributed by atoms with van der Waals surface area (Å²) in [6, 6.07) is 4.83. The van der Waals surface area contributed by atoms with Crippen LogP contribution in [0.3, 0.4) is 0 Å². The Hall–Kier alpha value is -1.98. The number of ether oxygens (including phenoxy) is 4. The molecule has 6 unspecified atom stereocenters. The normalized spacial score (nSPS) is 40.1. The predicted octanol–water partition coefficient (Wildman–Crippen LogP) is -3.40. The Morgan fingerprint density at radius 1 is 0.812 bits per heavy atom. The molecule has 0 amide bonds. The topological polar surface area (TPSA) is 222 Å². The molecule has 2 fully saturated rings. The molecule has 0 radical (unpaired) electrons. The third-order valence-electron chi connectivity index (χ3n) is 5.24. The van der Waals surface area contributed by atoms with Crippen molar-refractivity contribution < 1.29 is 59.6 Å². The van der Waals surface area contributed by atoms with Gasteiger partial charge in [-0.25, -0.2) is 0 Å². The SMILES string of the molecule is O=[N+]([O-])c1ccc(O[C@@H]2OC(CO[C@H]3OC(CO)[C@H](O)C(O)C3O)[C@@H](O)C(O)C2O)cc1. The summed E-state index contributed by atoms with van der Waals surface area (Å²) in [4.78, 5) is 10.1. The van der Waals surface area contributed by atoms with Gasteiger partial charge in [-0.05, 0) is 12.1 Å². The number of nitro benzene ring substituents is 1. The van der Waals surface area contributed by atoms with Gasteiger partial charge in [0.1, 0.15) is 54.6 Å². The number of non-ortho nitro benzene ring substituents is 1. The monoisotopic (exact) mass is 463 g/mol. The molecule has 2 aliphatic heterocycles. The molecule has 0 bridgehead atoms. The van der Waals surface area contributed by atoms with E-state index in [1.807, 2.05) is 0 Å². The van der Waals surface area contributed by atoms with Crippen LogP contribution in [0.1, 0.15) is 0 Å². The zero-order valence-corrected chi connectivity index (χ0v) is 16.5. The first-order chi connectivity index (χ1) is 15.1. The second-order valence-electron chi connectivity index (χ2n) is 7.41. The van der Waals surface area contributed by atoms with Crippen molar-refractivity contribution in [2.24, 2.45) is 0 Å². The van der Waals surface area contributed by atoms with Crippen molar-refractivity contribution >= 4 is 5.69 Å². The molecule has 0 saturated carbocycles. The molecule has 1 aromatic carbocycles. The minimum atomic E-state index is -1.71. The van der Waals surface area contributed by atoms with Crippen molar-refractivity contribution in [3.8, 4) is 5.75 Å². The van der Waals surface area contributed by atoms with E-state index in [0.717, 1.165) is 12.1 Å². The molecule has 7 N–H and O–H groups in total. The summed E-state index contributed by atoms with van der Waals surface area (Å²) in [5, 5.41) is 80.1. The van der Waals surface area contributed by atoms with Crippen LogP contribution in [0.25, 0.3) is 0 Å². The van der Waals surface area contributed by atoms with Gasteiger partial charge in [0.15, 0.2) is 6.29 Å². The first-order valence-electron chi connectivity index (χ1n) is 9.67. The quantitative estimate of drug-likeness (QED) is 0.155. The average molecular weight is 463 g/mol. The van der Waals surface area contributed by atoms with Gasteiger partial charge in [-0.2, -0.15) is 0 Å². The van der Waals surface area contributed by atoms with E-state index < -0.39 is 79.5 Å².